The van der Waals surface area contributed by atoms with E-state index in [0.29, 0.717) is 0 Å². The topological polar surface area (TPSA) is 33.5 Å². The van der Waals surface area contributed by atoms with Crippen molar-refractivity contribution in [2.24, 2.45) is 5.92 Å². The molecule has 3 heterocycles. The van der Waals surface area contributed by atoms with E-state index in [2.05, 4.69) is 56.1 Å². The highest BCUT2D eigenvalue weighted by molar-refractivity contribution is 5.83. The molecule has 0 radical (unpaired) electrons. The maximum atomic E-state index is 6.02. The Morgan fingerprint density at radius 1 is 1.03 bits per heavy atom. The second-order valence-corrected chi connectivity index (χ2v) is 8.70. The quantitative estimate of drug-likeness (QED) is 0.692. The normalized spacial score (nSPS) is 20.7. The molecule has 0 bridgehead atoms. The van der Waals surface area contributed by atoms with Gasteiger partial charge in [-0.3, -0.25) is 4.68 Å². The molecule has 0 atom stereocenters. The fraction of sp³-hybridized carbons (Fsp3) is 0.542. The minimum Gasteiger partial charge on any atom is -0.494 e. The number of ether oxygens (including phenoxy) is 1. The van der Waals surface area contributed by atoms with Crippen LogP contribution in [0.2, 0.25) is 0 Å². The molecule has 1 saturated carbocycles. The zero-order valence-electron chi connectivity index (χ0n) is 17.3. The number of benzene rings is 1. The van der Waals surface area contributed by atoms with E-state index in [9.17, 15) is 0 Å². The molecule has 0 N–H and O–H groups in total. The first-order valence-corrected chi connectivity index (χ1v) is 11.3. The first-order valence-electron chi connectivity index (χ1n) is 11.3. The number of likely N-dealkylation sites (tertiary alicyclic amines) is 1. The summed E-state index contributed by atoms with van der Waals surface area (Å²) in [7, 11) is 0. The summed E-state index contributed by atoms with van der Waals surface area (Å²) < 4.78 is 8.18. The van der Waals surface area contributed by atoms with Crippen molar-refractivity contribution in [1.29, 1.82) is 0 Å². The number of aromatic nitrogens is 2. The Morgan fingerprint density at radius 2 is 1.90 bits per heavy atom. The number of allylic oxidation sites excluding steroid dienone is 1. The molecule has 154 valence electrons. The molecular formula is C24H32N4O. The molecule has 0 unspecified atom stereocenters. The smallest absolute Gasteiger partial charge is 0.118 e. The van der Waals surface area contributed by atoms with Gasteiger partial charge in [0.25, 0.3) is 0 Å². The van der Waals surface area contributed by atoms with Crippen molar-refractivity contribution in [3.8, 4) is 0 Å². The van der Waals surface area contributed by atoms with Crippen LogP contribution in [0.25, 0.3) is 10.9 Å². The van der Waals surface area contributed by atoms with Crippen LogP contribution in [0, 0.1) is 5.92 Å². The highest BCUT2D eigenvalue weighted by Crippen LogP contribution is 2.27. The van der Waals surface area contributed by atoms with Crippen molar-refractivity contribution in [3.63, 3.8) is 0 Å². The molecule has 1 saturated heterocycles. The third kappa shape index (κ3) is 4.35. The van der Waals surface area contributed by atoms with Gasteiger partial charge in [0.2, 0.25) is 0 Å². The first-order chi connectivity index (χ1) is 14.3. The van der Waals surface area contributed by atoms with E-state index in [0.717, 1.165) is 37.9 Å². The third-order valence-electron chi connectivity index (χ3n) is 6.65. The van der Waals surface area contributed by atoms with Crippen molar-refractivity contribution in [3.05, 3.63) is 48.5 Å². The van der Waals surface area contributed by atoms with Crippen molar-refractivity contribution in [2.75, 3.05) is 37.7 Å². The van der Waals surface area contributed by atoms with Gasteiger partial charge >= 0.3 is 0 Å². The van der Waals surface area contributed by atoms with Crippen LogP contribution in [-0.4, -0.2) is 47.5 Å². The molecule has 0 amide bonds. The number of nitrogens with zero attached hydrogens (tertiary/aromatic N) is 4. The van der Waals surface area contributed by atoms with E-state index in [1.54, 1.807) is 0 Å². The summed E-state index contributed by atoms with van der Waals surface area (Å²) in [6.45, 7) is 6.28. The molecule has 2 fully saturated rings. The Balaban J connectivity index is 1.19. The zero-order chi connectivity index (χ0) is 19.5. The molecule has 5 rings (SSSR count). The Morgan fingerprint density at radius 3 is 2.69 bits per heavy atom. The lowest BCUT2D eigenvalue weighted by molar-refractivity contribution is 0.176. The molecule has 1 aromatic carbocycles. The molecule has 1 aliphatic carbocycles. The molecule has 0 spiro atoms. The summed E-state index contributed by atoms with van der Waals surface area (Å²) >= 11 is 0. The molecule has 5 heteroatoms. The van der Waals surface area contributed by atoms with Gasteiger partial charge in [-0.05, 0) is 75.0 Å². The average Bonchev–Trinajstić information content (AvgIpc) is 3.53. The number of anilines is 1. The molecule has 2 aromatic rings. The summed E-state index contributed by atoms with van der Waals surface area (Å²) in [5.41, 5.74) is 2.43. The fourth-order valence-electron chi connectivity index (χ4n) is 4.84. The SMILES string of the molecule is C1=CN(c2ccc3c(cnn3CCN3CCCC3)c2)CC=C1OCC1CCCC1. The minimum absolute atomic E-state index is 0.756. The van der Waals surface area contributed by atoms with Gasteiger partial charge in [-0.2, -0.15) is 5.10 Å². The molecule has 2 aliphatic heterocycles. The number of hydrogen-bond donors (Lipinski definition) is 0. The van der Waals surface area contributed by atoms with Gasteiger partial charge in [0.1, 0.15) is 5.76 Å². The van der Waals surface area contributed by atoms with Gasteiger partial charge in [-0.15, -0.1) is 0 Å². The Kier molecular flexibility index (Phi) is 5.57. The standard InChI is InChI=1S/C24H32N4O/c1-2-6-20(5-1)19-29-23-9-13-27(14-10-23)22-7-8-24-21(17-22)18-25-28(24)16-15-26-11-3-4-12-26/h7-10,13,17-18,20H,1-6,11-12,14-16,19H2. The van der Waals surface area contributed by atoms with Crippen LogP contribution >= 0.6 is 0 Å². The largest absolute Gasteiger partial charge is 0.494 e. The van der Waals surface area contributed by atoms with Crippen molar-refractivity contribution < 1.29 is 4.74 Å². The number of rotatable bonds is 7. The molecule has 1 aromatic heterocycles. The lowest BCUT2D eigenvalue weighted by atomic mass is 10.1. The van der Waals surface area contributed by atoms with Gasteiger partial charge in [0, 0.05) is 30.4 Å². The molecule has 29 heavy (non-hydrogen) atoms. The van der Waals surface area contributed by atoms with Crippen LogP contribution in [0.4, 0.5) is 5.69 Å². The zero-order valence-corrected chi connectivity index (χ0v) is 17.3. The Hall–Kier alpha value is -2.27. The maximum Gasteiger partial charge on any atom is 0.118 e. The lowest BCUT2D eigenvalue weighted by Gasteiger charge is -2.23. The average molecular weight is 393 g/mol. The Bertz CT molecular complexity index is 887. The van der Waals surface area contributed by atoms with Gasteiger partial charge in [0.15, 0.2) is 0 Å². The van der Waals surface area contributed by atoms with E-state index >= 15 is 0 Å². The van der Waals surface area contributed by atoms with Crippen LogP contribution in [0.5, 0.6) is 0 Å². The van der Waals surface area contributed by atoms with Gasteiger partial charge in [-0.1, -0.05) is 12.8 Å². The van der Waals surface area contributed by atoms with Crippen molar-refractivity contribution in [2.45, 2.75) is 45.1 Å². The predicted molar refractivity (Wildman–Crippen MR) is 118 cm³/mol. The van der Waals surface area contributed by atoms with E-state index < -0.39 is 0 Å². The third-order valence-corrected chi connectivity index (χ3v) is 6.65. The number of fused-ring (bicyclic) bond motifs is 1. The lowest BCUT2D eigenvalue weighted by Crippen LogP contribution is -2.24. The van der Waals surface area contributed by atoms with Crippen molar-refractivity contribution in [1.82, 2.24) is 14.7 Å². The molecule has 3 aliphatic rings. The molecule has 5 nitrogen and oxygen atoms in total. The van der Waals surface area contributed by atoms with Crippen LogP contribution in [-0.2, 0) is 11.3 Å². The number of hydrogen-bond acceptors (Lipinski definition) is 4. The fourth-order valence-corrected chi connectivity index (χ4v) is 4.84. The monoisotopic (exact) mass is 392 g/mol. The second kappa shape index (κ2) is 8.62. The Labute approximate surface area is 173 Å². The van der Waals surface area contributed by atoms with Crippen LogP contribution in [0.1, 0.15) is 38.5 Å². The van der Waals surface area contributed by atoms with Gasteiger partial charge < -0.3 is 14.5 Å². The summed E-state index contributed by atoms with van der Waals surface area (Å²) in [4.78, 5) is 4.81. The van der Waals surface area contributed by atoms with E-state index in [-0.39, 0.29) is 0 Å². The summed E-state index contributed by atoms with van der Waals surface area (Å²) in [6.07, 6.45) is 16.5. The maximum absolute atomic E-state index is 6.02. The summed E-state index contributed by atoms with van der Waals surface area (Å²) in [5.74, 6) is 1.77. The minimum atomic E-state index is 0.756. The first kappa shape index (κ1) is 18.7. The van der Waals surface area contributed by atoms with Crippen LogP contribution in [0.15, 0.2) is 48.5 Å². The van der Waals surface area contributed by atoms with E-state index in [4.69, 9.17) is 4.74 Å². The van der Waals surface area contributed by atoms with Crippen LogP contribution in [0.3, 0.4) is 0 Å². The second-order valence-electron chi connectivity index (χ2n) is 8.70. The summed E-state index contributed by atoms with van der Waals surface area (Å²) in [6, 6.07) is 6.67. The highest BCUT2D eigenvalue weighted by atomic mass is 16.5. The van der Waals surface area contributed by atoms with Crippen molar-refractivity contribution >= 4 is 16.6 Å². The molecular weight excluding hydrogens is 360 g/mol. The van der Waals surface area contributed by atoms with E-state index in [1.807, 2.05) is 6.20 Å². The van der Waals surface area contributed by atoms with E-state index in [1.165, 1.54) is 68.2 Å². The van der Waals surface area contributed by atoms with Gasteiger partial charge in [-0.25, -0.2) is 0 Å². The highest BCUT2D eigenvalue weighted by Gasteiger charge is 2.17. The predicted octanol–water partition coefficient (Wildman–Crippen LogP) is 4.56. The van der Waals surface area contributed by atoms with Crippen LogP contribution < -0.4 is 4.90 Å². The van der Waals surface area contributed by atoms with Gasteiger partial charge in [0.05, 0.1) is 24.9 Å². The summed E-state index contributed by atoms with van der Waals surface area (Å²) in [5, 5.41) is 5.85.